The molecule has 1 aromatic carbocycles. The van der Waals surface area contributed by atoms with E-state index in [1.54, 1.807) is 12.1 Å². The molecular formula is C20H29N3O7. The van der Waals surface area contributed by atoms with Crippen LogP contribution >= 0.6 is 0 Å². The number of nitrogens with one attached hydrogen (secondary N) is 3. The SMILES string of the molecule is CCCCC(NC(=O)[C@H](Cc1ccc(O)cc1)NC(C)=O)C(=O)N[C@H](CO)C(=O)O. The molecule has 0 aliphatic rings. The lowest BCUT2D eigenvalue weighted by atomic mass is 10.0. The number of carbonyl (C=O) groups excluding carboxylic acids is 3. The Morgan fingerprint density at radius 1 is 0.933 bits per heavy atom. The number of rotatable bonds is 12. The molecule has 0 spiro atoms. The van der Waals surface area contributed by atoms with Crippen LogP contribution in [0.4, 0.5) is 0 Å². The Morgan fingerprint density at radius 2 is 1.50 bits per heavy atom. The van der Waals surface area contributed by atoms with E-state index in [0.717, 1.165) is 6.42 Å². The van der Waals surface area contributed by atoms with Crippen molar-refractivity contribution in [1.29, 1.82) is 0 Å². The van der Waals surface area contributed by atoms with Crippen LogP contribution in [-0.4, -0.2) is 63.7 Å². The van der Waals surface area contributed by atoms with E-state index in [0.29, 0.717) is 12.0 Å². The summed E-state index contributed by atoms with van der Waals surface area (Å²) in [6.07, 6.45) is 1.72. The fourth-order valence-electron chi connectivity index (χ4n) is 2.73. The zero-order chi connectivity index (χ0) is 22.7. The molecule has 0 aliphatic carbocycles. The van der Waals surface area contributed by atoms with Crippen LogP contribution in [0.5, 0.6) is 5.75 Å². The average molecular weight is 423 g/mol. The number of phenols is 1. The lowest BCUT2D eigenvalue weighted by Gasteiger charge is -2.24. The lowest BCUT2D eigenvalue weighted by molar-refractivity contribution is -0.143. The van der Waals surface area contributed by atoms with Gasteiger partial charge in [0.15, 0.2) is 0 Å². The first kappa shape index (κ1) is 24.9. The Hall–Kier alpha value is -3.14. The molecular weight excluding hydrogens is 394 g/mol. The highest BCUT2D eigenvalue weighted by atomic mass is 16.4. The molecule has 1 unspecified atom stereocenters. The molecule has 0 saturated heterocycles. The molecule has 30 heavy (non-hydrogen) atoms. The number of hydrogen-bond acceptors (Lipinski definition) is 6. The number of aliphatic carboxylic acids is 1. The molecule has 0 aromatic heterocycles. The van der Waals surface area contributed by atoms with Crippen LogP contribution in [0.2, 0.25) is 0 Å². The van der Waals surface area contributed by atoms with Gasteiger partial charge >= 0.3 is 5.97 Å². The quantitative estimate of drug-likeness (QED) is 0.268. The summed E-state index contributed by atoms with van der Waals surface area (Å²) < 4.78 is 0. The molecule has 0 saturated carbocycles. The summed E-state index contributed by atoms with van der Waals surface area (Å²) in [7, 11) is 0. The van der Waals surface area contributed by atoms with Gasteiger partial charge in [-0.2, -0.15) is 0 Å². The highest BCUT2D eigenvalue weighted by Gasteiger charge is 2.28. The van der Waals surface area contributed by atoms with Crippen LogP contribution in [0.3, 0.4) is 0 Å². The van der Waals surface area contributed by atoms with Gasteiger partial charge in [-0.15, -0.1) is 0 Å². The normalized spacial score (nSPS) is 13.6. The number of benzene rings is 1. The van der Waals surface area contributed by atoms with Gasteiger partial charge in [0.05, 0.1) is 6.61 Å². The average Bonchev–Trinajstić information content (AvgIpc) is 2.69. The number of carboxylic acid groups (broad SMARTS) is 1. The molecule has 3 atom stereocenters. The minimum Gasteiger partial charge on any atom is -0.508 e. The molecule has 0 radical (unpaired) electrons. The van der Waals surface area contributed by atoms with E-state index in [9.17, 15) is 24.3 Å². The van der Waals surface area contributed by atoms with Crippen molar-refractivity contribution in [3.05, 3.63) is 29.8 Å². The van der Waals surface area contributed by atoms with Crippen molar-refractivity contribution in [2.75, 3.05) is 6.61 Å². The monoisotopic (exact) mass is 423 g/mol. The van der Waals surface area contributed by atoms with Gasteiger partial charge in [-0.25, -0.2) is 4.79 Å². The summed E-state index contributed by atoms with van der Waals surface area (Å²) in [6.45, 7) is 2.37. The molecule has 166 valence electrons. The van der Waals surface area contributed by atoms with Crippen molar-refractivity contribution in [3.8, 4) is 5.75 Å². The van der Waals surface area contributed by atoms with Gasteiger partial charge in [0.25, 0.3) is 0 Å². The zero-order valence-corrected chi connectivity index (χ0v) is 17.1. The lowest BCUT2D eigenvalue weighted by Crippen LogP contribution is -2.56. The Morgan fingerprint density at radius 3 is 2.00 bits per heavy atom. The molecule has 10 heteroatoms. The van der Waals surface area contributed by atoms with Crippen LogP contribution in [0.25, 0.3) is 0 Å². The van der Waals surface area contributed by atoms with Crippen molar-refractivity contribution in [2.45, 2.75) is 57.7 Å². The maximum Gasteiger partial charge on any atom is 0.328 e. The number of carbonyl (C=O) groups is 4. The summed E-state index contributed by atoms with van der Waals surface area (Å²) in [5.41, 5.74) is 0.683. The first-order chi connectivity index (χ1) is 14.2. The summed E-state index contributed by atoms with van der Waals surface area (Å²) in [5.74, 6) is -3.10. The predicted octanol–water partition coefficient (Wildman–Crippen LogP) is -0.324. The molecule has 3 amide bonds. The minimum atomic E-state index is -1.48. The number of phenolic OH excluding ortho intramolecular Hbond substituents is 1. The molecule has 10 nitrogen and oxygen atoms in total. The Labute approximate surface area is 174 Å². The fraction of sp³-hybridized carbons (Fsp3) is 0.500. The van der Waals surface area contributed by atoms with Gasteiger partial charge in [-0.3, -0.25) is 14.4 Å². The number of carboxylic acids is 1. The molecule has 1 aromatic rings. The molecule has 0 fully saturated rings. The van der Waals surface area contributed by atoms with Crippen LogP contribution in [0, 0.1) is 0 Å². The van der Waals surface area contributed by atoms with Crippen LogP contribution in [0.15, 0.2) is 24.3 Å². The van der Waals surface area contributed by atoms with E-state index in [4.69, 9.17) is 10.2 Å². The van der Waals surface area contributed by atoms with Gasteiger partial charge < -0.3 is 31.3 Å². The first-order valence-electron chi connectivity index (χ1n) is 9.67. The van der Waals surface area contributed by atoms with E-state index in [2.05, 4.69) is 16.0 Å². The second kappa shape index (κ2) is 12.4. The molecule has 0 aliphatic heterocycles. The van der Waals surface area contributed by atoms with Crippen LogP contribution < -0.4 is 16.0 Å². The van der Waals surface area contributed by atoms with E-state index < -0.39 is 48.4 Å². The third-order valence-corrected chi connectivity index (χ3v) is 4.35. The number of aliphatic hydroxyl groups excluding tert-OH is 1. The predicted molar refractivity (Wildman–Crippen MR) is 108 cm³/mol. The summed E-state index contributed by atoms with van der Waals surface area (Å²) in [4.78, 5) is 47.9. The third-order valence-electron chi connectivity index (χ3n) is 4.35. The number of hydrogen-bond donors (Lipinski definition) is 6. The Bertz CT molecular complexity index is 736. The maximum absolute atomic E-state index is 12.8. The Balaban J connectivity index is 2.94. The number of aliphatic hydroxyl groups is 1. The number of amides is 3. The summed E-state index contributed by atoms with van der Waals surface area (Å²) in [6, 6.07) is 2.64. The van der Waals surface area contributed by atoms with Crippen molar-refractivity contribution in [3.63, 3.8) is 0 Å². The van der Waals surface area contributed by atoms with Crippen molar-refractivity contribution in [1.82, 2.24) is 16.0 Å². The van der Waals surface area contributed by atoms with E-state index in [-0.39, 0.29) is 18.6 Å². The van der Waals surface area contributed by atoms with E-state index in [1.807, 2.05) is 6.92 Å². The topological polar surface area (TPSA) is 165 Å². The van der Waals surface area contributed by atoms with Gasteiger partial charge in [-0.05, 0) is 24.1 Å². The number of unbranched alkanes of at least 4 members (excludes halogenated alkanes) is 1. The highest BCUT2D eigenvalue weighted by Crippen LogP contribution is 2.12. The standard InChI is InChI=1S/C20H29N3O7/c1-3-4-5-15(18(27)23-17(11-24)20(29)30)22-19(28)16(21-12(2)25)10-13-6-8-14(26)9-7-13/h6-9,15-17,24,26H,3-5,10-11H2,1-2H3,(H,21,25)(H,22,28)(H,23,27)(H,29,30)/t15?,16-,17+/m0/s1. The molecule has 6 N–H and O–H groups in total. The fourth-order valence-corrected chi connectivity index (χ4v) is 2.73. The van der Waals surface area contributed by atoms with Crippen molar-refractivity contribution in [2.24, 2.45) is 0 Å². The van der Waals surface area contributed by atoms with Gasteiger partial charge in [0, 0.05) is 13.3 Å². The summed E-state index contributed by atoms with van der Waals surface area (Å²) in [5, 5.41) is 34.8. The smallest absolute Gasteiger partial charge is 0.328 e. The zero-order valence-electron chi connectivity index (χ0n) is 17.1. The van der Waals surface area contributed by atoms with Crippen LogP contribution in [0.1, 0.15) is 38.7 Å². The largest absolute Gasteiger partial charge is 0.508 e. The van der Waals surface area contributed by atoms with Crippen molar-refractivity contribution >= 4 is 23.7 Å². The molecule has 0 heterocycles. The second-order valence-corrected chi connectivity index (χ2v) is 6.91. The van der Waals surface area contributed by atoms with Gasteiger partial charge in [-0.1, -0.05) is 31.9 Å². The maximum atomic E-state index is 12.8. The second-order valence-electron chi connectivity index (χ2n) is 6.91. The third kappa shape index (κ3) is 8.48. The molecule has 1 rings (SSSR count). The molecule has 0 bridgehead atoms. The van der Waals surface area contributed by atoms with E-state index >= 15 is 0 Å². The van der Waals surface area contributed by atoms with Crippen molar-refractivity contribution < 1.29 is 34.5 Å². The number of aromatic hydroxyl groups is 1. The van der Waals surface area contributed by atoms with Gasteiger partial charge in [0.1, 0.15) is 23.9 Å². The van der Waals surface area contributed by atoms with Crippen LogP contribution in [-0.2, 0) is 25.6 Å². The highest BCUT2D eigenvalue weighted by molar-refractivity contribution is 5.93. The Kier molecular flexibility index (Phi) is 10.3. The van der Waals surface area contributed by atoms with E-state index in [1.165, 1.54) is 19.1 Å². The summed E-state index contributed by atoms with van der Waals surface area (Å²) >= 11 is 0. The first-order valence-corrected chi connectivity index (χ1v) is 9.67. The van der Waals surface area contributed by atoms with Gasteiger partial charge in [0.2, 0.25) is 17.7 Å². The minimum absolute atomic E-state index is 0.0625.